The number of aliphatic hydroxyl groups is 1. The quantitative estimate of drug-likeness (QED) is 0.874. The molecule has 21 heavy (non-hydrogen) atoms. The molecular weight excluding hydrogens is 287 g/mol. The molecule has 0 aromatic carbocycles. The maximum atomic E-state index is 12.7. The van der Waals surface area contributed by atoms with Crippen LogP contribution in [-0.2, 0) is 6.54 Å². The number of imidazole rings is 1. The third kappa shape index (κ3) is 3.10. The Morgan fingerprint density at radius 2 is 2.10 bits per heavy atom. The van der Waals surface area contributed by atoms with Gasteiger partial charge in [-0.05, 0) is 19.1 Å². The molecule has 2 aromatic rings. The molecule has 0 saturated heterocycles. The first kappa shape index (κ1) is 15.2. The Morgan fingerprint density at radius 3 is 2.67 bits per heavy atom. The van der Waals surface area contributed by atoms with E-state index < -0.39 is 24.1 Å². The lowest BCUT2D eigenvalue weighted by atomic mass is 10.1. The van der Waals surface area contributed by atoms with E-state index in [9.17, 15) is 23.1 Å². The molecular formula is C13H12F3N3O2. The van der Waals surface area contributed by atoms with Crippen LogP contribution in [0.15, 0.2) is 36.9 Å². The molecule has 0 aliphatic heterocycles. The monoisotopic (exact) mass is 299 g/mol. The van der Waals surface area contributed by atoms with Crippen LogP contribution in [0, 0.1) is 0 Å². The average Bonchev–Trinajstić information content (AvgIpc) is 2.85. The van der Waals surface area contributed by atoms with Crippen LogP contribution in [0.1, 0.15) is 23.1 Å². The predicted octanol–water partition coefficient (Wildman–Crippen LogP) is 1.82. The van der Waals surface area contributed by atoms with Crippen LogP contribution in [-0.4, -0.2) is 37.2 Å². The van der Waals surface area contributed by atoms with Crippen molar-refractivity contribution in [2.45, 2.75) is 25.2 Å². The Hall–Kier alpha value is -2.22. The summed E-state index contributed by atoms with van der Waals surface area (Å²) >= 11 is 0. The molecule has 0 fully saturated rings. The maximum absolute atomic E-state index is 12.7. The summed E-state index contributed by atoms with van der Waals surface area (Å²) in [6.07, 6.45) is 0.368. The predicted molar refractivity (Wildman–Crippen MR) is 66.6 cm³/mol. The molecule has 1 unspecified atom stereocenters. The van der Waals surface area contributed by atoms with Crippen molar-refractivity contribution in [1.29, 1.82) is 0 Å². The minimum atomic E-state index is -4.81. The summed E-state index contributed by atoms with van der Waals surface area (Å²) in [5.41, 5.74) is -2.76. The lowest BCUT2D eigenvalue weighted by molar-refractivity contribution is -0.257. The molecule has 0 saturated carbocycles. The minimum absolute atomic E-state index is 0.187. The highest BCUT2D eigenvalue weighted by Gasteiger charge is 2.50. The highest BCUT2D eigenvalue weighted by Crippen LogP contribution is 2.31. The van der Waals surface area contributed by atoms with E-state index in [0.29, 0.717) is 6.92 Å². The first-order valence-electron chi connectivity index (χ1n) is 5.97. The van der Waals surface area contributed by atoms with E-state index in [1.807, 2.05) is 0 Å². The largest absolute Gasteiger partial charge is 0.418 e. The third-order valence-corrected chi connectivity index (χ3v) is 2.93. The summed E-state index contributed by atoms with van der Waals surface area (Å²) in [5.74, 6) is -0.751. The summed E-state index contributed by atoms with van der Waals surface area (Å²) in [7, 11) is 0. The normalized spacial score (nSPS) is 14.7. The molecule has 8 heteroatoms. The second kappa shape index (κ2) is 5.28. The lowest BCUT2D eigenvalue weighted by Gasteiger charge is -2.27. The summed E-state index contributed by atoms with van der Waals surface area (Å²) in [4.78, 5) is 19.7. The van der Waals surface area contributed by atoms with E-state index in [4.69, 9.17) is 0 Å². The van der Waals surface area contributed by atoms with Crippen LogP contribution >= 0.6 is 0 Å². The number of ketones is 1. The molecule has 0 aliphatic carbocycles. The van der Waals surface area contributed by atoms with Gasteiger partial charge in [0, 0.05) is 30.4 Å². The topological polar surface area (TPSA) is 68.0 Å². The summed E-state index contributed by atoms with van der Waals surface area (Å²) in [5, 5.41) is 9.50. The van der Waals surface area contributed by atoms with Crippen LogP contribution in [0.2, 0.25) is 0 Å². The van der Waals surface area contributed by atoms with Gasteiger partial charge in [0.05, 0.1) is 6.54 Å². The van der Waals surface area contributed by atoms with Gasteiger partial charge in [-0.25, -0.2) is 4.98 Å². The molecule has 0 amide bonds. The zero-order valence-electron chi connectivity index (χ0n) is 11.0. The molecule has 112 valence electrons. The first-order chi connectivity index (χ1) is 9.72. The van der Waals surface area contributed by atoms with Crippen LogP contribution in [0.4, 0.5) is 13.2 Å². The molecule has 1 atom stereocenters. The Balaban J connectivity index is 2.30. The number of nitrogens with zero attached hydrogens (tertiary/aromatic N) is 3. The summed E-state index contributed by atoms with van der Waals surface area (Å²) in [6.45, 7) is -0.177. The average molecular weight is 299 g/mol. The number of hydrogen-bond donors (Lipinski definition) is 1. The Morgan fingerprint density at radius 1 is 1.38 bits per heavy atom. The minimum Gasteiger partial charge on any atom is -0.379 e. The standard InChI is InChI=1S/C13H12F3N3O2/c1-12(21,13(14,15)16)8-19-6-5-18-11(19)10(20)9-3-2-4-17-7-9/h2-7,21H,8H2,1H3. The van der Waals surface area contributed by atoms with Crippen molar-refractivity contribution in [3.8, 4) is 0 Å². The number of pyridine rings is 1. The molecule has 2 heterocycles. The van der Waals surface area contributed by atoms with Crippen molar-refractivity contribution in [3.63, 3.8) is 0 Å². The zero-order valence-corrected chi connectivity index (χ0v) is 11.0. The van der Waals surface area contributed by atoms with Crippen molar-refractivity contribution in [3.05, 3.63) is 48.3 Å². The van der Waals surface area contributed by atoms with E-state index in [0.717, 1.165) is 4.57 Å². The van der Waals surface area contributed by atoms with Crippen molar-refractivity contribution in [2.75, 3.05) is 0 Å². The fourth-order valence-electron chi connectivity index (χ4n) is 1.69. The maximum Gasteiger partial charge on any atom is 0.418 e. The molecule has 1 N–H and O–H groups in total. The van der Waals surface area contributed by atoms with E-state index in [1.54, 1.807) is 0 Å². The molecule has 0 radical (unpaired) electrons. The number of rotatable bonds is 4. The Bertz CT molecular complexity index is 636. The van der Waals surface area contributed by atoms with Crippen LogP contribution in [0.5, 0.6) is 0 Å². The zero-order chi connectivity index (χ0) is 15.7. The fourth-order valence-corrected chi connectivity index (χ4v) is 1.69. The summed E-state index contributed by atoms with van der Waals surface area (Å²) in [6, 6.07) is 3.02. The fraction of sp³-hybridized carbons (Fsp3) is 0.308. The third-order valence-electron chi connectivity index (χ3n) is 2.93. The number of carbonyl (C=O) groups excluding carboxylic acids is 1. The van der Waals surface area contributed by atoms with Crippen molar-refractivity contribution >= 4 is 5.78 Å². The first-order valence-corrected chi connectivity index (χ1v) is 5.97. The van der Waals surface area contributed by atoms with Crippen molar-refractivity contribution in [2.24, 2.45) is 0 Å². The van der Waals surface area contributed by atoms with E-state index in [2.05, 4.69) is 9.97 Å². The van der Waals surface area contributed by atoms with Crippen molar-refractivity contribution in [1.82, 2.24) is 14.5 Å². The van der Waals surface area contributed by atoms with Gasteiger partial charge in [-0.1, -0.05) is 0 Å². The van der Waals surface area contributed by atoms with Crippen LogP contribution < -0.4 is 0 Å². The van der Waals surface area contributed by atoms with Gasteiger partial charge in [0.1, 0.15) is 0 Å². The molecule has 2 aromatic heterocycles. The Labute approximate surface area is 118 Å². The second-order valence-corrected chi connectivity index (χ2v) is 4.72. The molecule has 5 nitrogen and oxygen atoms in total. The number of aromatic nitrogens is 3. The van der Waals surface area contributed by atoms with Gasteiger partial charge < -0.3 is 9.67 Å². The van der Waals surface area contributed by atoms with E-state index in [-0.39, 0.29) is 11.4 Å². The van der Waals surface area contributed by atoms with Crippen molar-refractivity contribution < 1.29 is 23.1 Å². The number of halogens is 3. The highest BCUT2D eigenvalue weighted by molar-refractivity contribution is 6.06. The van der Waals surface area contributed by atoms with Gasteiger partial charge in [-0.2, -0.15) is 13.2 Å². The number of hydrogen-bond acceptors (Lipinski definition) is 4. The molecule has 0 aliphatic rings. The molecule has 0 bridgehead atoms. The van der Waals surface area contributed by atoms with Gasteiger partial charge >= 0.3 is 6.18 Å². The number of alkyl halides is 3. The lowest BCUT2D eigenvalue weighted by Crippen LogP contribution is -2.46. The van der Waals surface area contributed by atoms with Gasteiger partial charge in [0.25, 0.3) is 0 Å². The van der Waals surface area contributed by atoms with Crippen LogP contribution in [0.3, 0.4) is 0 Å². The Kier molecular flexibility index (Phi) is 3.82. The highest BCUT2D eigenvalue weighted by atomic mass is 19.4. The van der Waals surface area contributed by atoms with Gasteiger partial charge in [-0.15, -0.1) is 0 Å². The van der Waals surface area contributed by atoms with Gasteiger partial charge in [-0.3, -0.25) is 9.78 Å². The molecule has 2 rings (SSSR count). The second-order valence-electron chi connectivity index (χ2n) is 4.72. The number of carbonyl (C=O) groups is 1. The van der Waals surface area contributed by atoms with E-state index in [1.165, 1.54) is 36.9 Å². The van der Waals surface area contributed by atoms with Gasteiger partial charge in [0.15, 0.2) is 11.4 Å². The summed E-state index contributed by atoms with van der Waals surface area (Å²) < 4.78 is 39.1. The van der Waals surface area contributed by atoms with E-state index >= 15 is 0 Å². The van der Waals surface area contributed by atoms with Gasteiger partial charge in [0.2, 0.25) is 5.78 Å². The van der Waals surface area contributed by atoms with Crippen LogP contribution in [0.25, 0.3) is 0 Å². The molecule has 0 spiro atoms. The SMILES string of the molecule is CC(O)(Cn1ccnc1C(=O)c1cccnc1)C(F)(F)F. The smallest absolute Gasteiger partial charge is 0.379 e.